The first-order valence-electron chi connectivity index (χ1n) is 11.4. The number of amides is 4. The number of nitrogens with one attached hydrogen (secondary N) is 1. The lowest BCUT2D eigenvalue weighted by molar-refractivity contribution is -0.143. The number of para-hydroxylation sites is 2. The Morgan fingerprint density at radius 1 is 1.09 bits per heavy atom. The normalized spacial score (nSPS) is 24.8. The minimum atomic E-state index is -1.05. The van der Waals surface area contributed by atoms with Gasteiger partial charge in [0.2, 0.25) is 6.10 Å². The van der Waals surface area contributed by atoms with Crippen molar-refractivity contribution in [2.45, 2.75) is 38.0 Å². The smallest absolute Gasteiger partial charge is 0.325 e. The number of nitrogens with zero attached hydrogens (tertiary/aromatic N) is 2. The third kappa shape index (κ3) is 3.95. The molecule has 178 valence electrons. The first kappa shape index (κ1) is 22.2. The molecule has 0 saturated carbocycles. The van der Waals surface area contributed by atoms with Crippen LogP contribution in [0.5, 0.6) is 11.5 Å². The van der Waals surface area contributed by atoms with Gasteiger partial charge in [-0.1, -0.05) is 24.3 Å². The summed E-state index contributed by atoms with van der Waals surface area (Å²) in [6.45, 7) is 2.90. The standard InChI is InChI=1S/C25H26FN3O5/c1-25(23(31)29(24(32)27-25)14-16-6-8-18(26)9-7-16)17-10-12-28(13-11-17)22(30)21-15-33-19-4-2-3-5-20(19)34-21/h2-9,17,21H,10-15H2,1H3,(H,27,32)/t21-,25-/m0/s1. The number of carbonyl (C=O) groups excluding carboxylic acids is 3. The van der Waals surface area contributed by atoms with Gasteiger partial charge in [-0.25, -0.2) is 9.18 Å². The van der Waals surface area contributed by atoms with Crippen LogP contribution in [0.3, 0.4) is 0 Å². The molecular weight excluding hydrogens is 441 g/mol. The van der Waals surface area contributed by atoms with Crippen molar-refractivity contribution in [2.24, 2.45) is 5.92 Å². The lowest BCUT2D eigenvalue weighted by Gasteiger charge is -2.40. The Hall–Kier alpha value is -3.62. The number of urea groups is 1. The van der Waals surface area contributed by atoms with E-state index in [2.05, 4.69) is 5.32 Å². The second-order valence-corrected chi connectivity index (χ2v) is 9.11. The minimum absolute atomic E-state index is 0.0817. The predicted octanol–water partition coefficient (Wildman–Crippen LogP) is 2.71. The highest BCUT2D eigenvalue weighted by Crippen LogP contribution is 2.35. The van der Waals surface area contributed by atoms with Crippen molar-refractivity contribution in [2.75, 3.05) is 19.7 Å². The van der Waals surface area contributed by atoms with Crippen LogP contribution in [-0.4, -0.2) is 59.0 Å². The van der Waals surface area contributed by atoms with Crippen molar-refractivity contribution in [3.05, 3.63) is 59.9 Å². The Morgan fingerprint density at radius 3 is 2.47 bits per heavy atom. The Morgan fingerprint density at radius 2 is 1.76 bits per heavy atom. The maximum atomic E-state index is 13.2. The van der Waals surface area contributed by atoms with Gasteiger partial charge in [0.05, 0.1) is 6.54 Å². The van der Waals surface area contributed by atoms with Crippen molar-refractivity contribution in [3.63, 3.8) is 0 Å². The summed E-state index contributed by atoms with van der Waals surface area (Å²) in [4.78, 5) is 41.8. The summed E-state index contributed by atoms with van der Waals surface area (Å²) in [5.74, 6) is 0.246. The number of imide groups is 1. The van der Waals surface area contributed by atoms with Crippen LogP contribution in [-0.2, 0) is 16.1 Å². The summed E-state index contributed by atoms with van der Waals surface area (Å²) in [6.07, 6.45) is 0.437. The molecule has 2 saturated heterocycles. The van der Waals surface area contributed by atoms with Gasteiger partial charge in [0, 0.05) is 13.1 Å². The quantitative estimate of drug-likeness (QED) is 0.699. The molecule has 8 nitrogen and oxygen atoms in total. The molecule has 0 aliphatic carbocycles. The van der Waals surface area contributed by atoms with E-state index in [0.29, 0.717) is 43.0 Å². The van der Waals surface area contributed by atoms with Crippen LogP contribution in [0, 0.1) is 11.7 Å². The Bertz CT molecular complexity index is 1120. The van der Waals surface area contributed by atoms with Crippen molar-refractivity contribution < 1.29 is 28.2 Å². The number of benzene rings is 2. The molecule has 0 radical (unpaired) electrons. The number of rotatable bonds is 4. The van der Waals surface area contributed by atoms with E-state index in [1.807, 2.05) is 12.1 Å². The van der Waals surface area contributed by atoms with Crippen molar-refractivity contribution in [3.8, 4) is 11.5 Å². The Labute approximate surface area is 196 Å². The van der Waals surface area contributed by atoms with Crippen molar-refractivity contribution in [1.82, 2.24) is 15.1 Å². The molecule has 0 unspecified atom stereocenters. The second kappa shape index (κ2) is 8.62. The average Bonchev–Trinajstić information content (AvgIpc) is 3.08. The van der Waals surface area contributed by atoms with Crippen LogP contribution < -0.4 is 14.8 Å². The van der Waals surface area contributed by atoms with Crippen LogP contribution in [0.25, 0.3) is 0 Å². The number of likely N-dealkylation sites (tertiary alicyclic amines) is 1. The van der Waals surface area contributed by atoms with Gasteiger partial charge in [0.15, 0.2) is 11.5 Å². The highest BCUT2D eigenvalue weighted by atomic mass is 19.1. The molecule has 9 heteroatoms. The largest absolute Gasteiger partial charge is 0.485 e. The third-order valence-electron chi connectivity index (χ3n) is 6.96. The van der Waals surface area contributed by atoms with Crippen molar-refractivity contribution in [1.29, 1.82) is 0 Å². The van der Waals surface area contributed by atoms with Crippen LogP contribution >= 0.6 is 0 Å². The molecule has 2 aromatic carbocycles. The highest BCUT2D eigenvalue weighted by Gasteiger charge is 2.53. The summed E-state index contributed by atoms with van der Waals surface area (Å²) < 4.78 is 24.7. The van der Waals surface area contributed by atoms with Gasteiger partial charge in [0.25, 0.3) is 11.8 Å². The van der Waals surface area contributed by atoms with Gasteiger partial charge >= 0.3 is 6.03 Å². The van der Waals surface area contributed by atoms with Gasteiger partial charge in [-0.3, -0.25) is 14.5 Å². The van der Waals surface area contributed by atoms with Gasteiger partial charge in [-0.15, -0.1) is 0 Å². The summed E-state index contributed by atoms with van der Waals surface area (Å²) in [6, 6.07) is 12.5. The van der Waals surface area contributed by atoms with Crippen LogP contribution in [0.2, 0.25) is 0 Å². The molecule has 34 heavy (non-hydrogen) atoms. The molecule has 0 bridgehead atoms. The van der Waals surface area contributed by atoms with E-state index in [9.17, 15) is 18.8 Å². The maximum Gasteiger partial charge on any atom is 0.325 e. The molecular formula is C25H26FN3O5. The van der Waals surface area contributed by atoms with E-state index in [1.54, 1.807) is 36.1 Å². The number of hydrogen-bond donors (Lipinski definition) is 1. The van der Waals surface area contributed by atoms with E-state index in [1.165, 1.54) is 17.0 Å². The summed E-state index contributed by atoms with van der Waals surface area (Å²) in [7, 11) is 0. The highest BCUT2D eigenvalue weighted by molar-refractivity contribution is 6.07. The fourth-order valence-electron chi connectivity index (χ4n) is 4.93. The van der Waals surface area contributed by atoms with Crippen molar-refractivity contribution >= 4 is 17.8 Å². The van der Waals surface area contributed by atoms with Gasteiger partial charge in [0.1, 0.15) is 18.0 Å². The predicted molar refractivity (Wildman–Crippen MR) is 120 cm³/mol. The van der Waals surface area contributed by atoms with E-state index >= 15 is 0 Å². The molecule has 2 fully saturated rings. The number of halogens is 1. The number of carbonyl (C=O) groups is 3. The van der Waals surface area contributed by atoms with Crippen LogP contribution in [0.15, 0.2) is 48.5 Å². The summed E-state index contributed by atoms with van der Waals surface area (Å²) >= 11 is 0. The number of fused-ring (bicyclic) bond motifs is 1. The molecule has 1 N–H and O–H groups in total. The Kier molecular flexibility index (Phi) is 5.63. The van der Waals surface area contributed by atoms with Gasteiger partial charge < -0.3 is 19.7 Å². The van der Waals surface area contributed by atoms with E-state index in [4.69, 9.17) is 9.47 Å². The first-order valence-corrected chi connectivity index (χ1v) is 11.4. The number of ether oxygens (including phenoxy) is 2. The molecule has 3 heterocycles. The van der Waals surface area contributed by atoms with Gasteiger partial charge in [-0.05, 0) is 55.5 Å². The van der Waals surface area contributed by atoms with Crippen LogP contribution in [0.1, 0.15) is 25.3 Å². The lowest BCUT2D eigenvalue weighted by Crippen LogP contribution is -2.56. The summed E-state index contributed by atoms with van der Waals surface area (Å²) in [5.41, 5.74) is -0.374. The zero-order valence-electron chi connectivity index (χ0n) is 18.8. The SMILES string of the molecule is C[C@@]1(C2CCN(C(=O)[C@@H]3COc4ccccc4O3)CC2)NC(=O)N(Cc2ccc(F)cc2)C1=O. The zero-order chi connectivity index (χ0) is 23.9. The zero-order valence-corrected chi connectivity index (χ0v) is 18.8. The molecule has 5 rings (SSSR count). The second-order valence-electron chi connectivity index (χ2n) is 9.11. The topological polar surface area (TPSA) is 88.2 Å². The van der Waals surface area contributed by atoms with Crippen LogP contribution in [0.4, 0.5) is 9.18 Å². The molecule has 4 amide bonds. The number of piperidine rings is 1. The fraction of sp³-hybridized carbons (Fsp3) is 0.400. The first-order chi connectivity index (χ1) is 16.3. The van der Waals surface area contributed by atoms with E-state index < -0.39 is 17.7 Å². The molecule has 2 aromatic rings. The maximum absolute atomic E-state index is 13.2. The van der Waals surface area contributed by atoms with E-state index in [0.717, 1.165) is 0 Å². The molecule has 0 aromatic heterocycles. The third-order valence-corrected chi connectivity index (χ3v) is 6.96. The molecule has 2 atom stereocenters. The monoisotopic (exact) mass is 467 g/mol. The summed E-state index contributed by atoms with van der Waals surface area (Å²) in [5, 5.41) is 2.87. The van der Waals surface area contributed by atoms with E-state index in [-0.39, 0.29) is 36.7 Å². The number of hydrogen-bond acceptors (Lipinski definition) is 5. The molecule has 3 aliphatic rings. The minimum Gasteiger partial charge on any atom is -0.485 e. The average molecular weight is 467 g/mol. The fourth-order valence-corrected chi connectivity index (χ4v) is 4.93. The van der Waals surface area contributed by atoms with Gasteiger partial charge in [-0.2, -0.15) is 0 Å². The molecule has 0 spiro atoms. The molecule has 3 aliphatic heterocycles. The lowest BCUT2D eigenvalue weighted by atomic mass is 9.78. The Balaban J connectivity index is 1.20.